The first kappa shape index (κ1) is 10.4. The van der Waals surface area contributed by atoms with Gasteiger partial charge in [-0.05, 0) is 18.6 Å². The van der Waals surface area contributed by atoms with Crippen molar-refractivity contribution in [2.45, 2.75) is 13.3 Å². The maximum Gasteiger partial charge on any atom is 0.378 e. The molecule has 1 rings (SSSR count). The molecule has 1 aromatic rings. The van der Waals surface area contributed by atoms with Crippen LogP contribution in [0.4, 0.5) is 8.78 Å². The van der Waals surface area contributed by atoms with Crippen LogP contribution in [0.25, 0.3) is 0 Å². The molecule has 0 aliphatic rings. The van der Waals surface area contributed by atoms with Gasteiger partial charge in [0.15, 0.2) is 0 Å². The fourth-order valence-corrected chi connectivity index (χ4v) is 0.863. The van der Waals surface area contributed by atoms with Gasteiger partial charge < -0.3 is 9.84 Å². The molecule has 0 heterocycles. The van der Waals surface area contributed by atoms with Crippen LogP contribution in [-0.2, 0) is 4.79 Å². The number of aryl methyl sites for hydroxylation is 1. The molecule has 0 amide bonds. The molecule has 0 saturated carbocycles. The smallest absolute Gasteiger partial charge is 0.378 e. The lowest BCUT2D eigenvalue weighted by Gasteiger charge is -2.09. The van der Waals surface area contributed by atoms with Crippen LogP contribution in [0.1, 0.15) is 5.56 Å². The highest BCUT2D eigenvalue weighted by atomic mass is 19.1. The van der Waals surface area contributed by atoms with Crippen molar-refractivity contribution in [2.24, 2.45) is 0 Å². The molecule has 0 aliphatic heterocycles. The van der Waals surface area contributed by atoms with Crippen molar-refractivity contribution >= 4 is 5.97 Å². The predicted molar refractivity (Wildman–Crippen MR) is 44.3 cm³/mol. The zero-order valence-electron chi connectivity index (χ0n) is 7.33. The molecule has 0 fully saturated rings. The fraction of sp³-hybridized carbons (Fsp3) is 0.222. The minimum atomic E-state index is -2.48. The van der Waals surface area contributed by atoms with Gasteiger partial charge in [-0.25, -0.2) is 9.18 Å². The van der Waals surface area contributed by atoms with Gasteiger partial charge in [-0.2, -0.15) is 4.39 Å². The summed E-state index contributed by atoms with van der Waals surface area (Å²) in [5.41, 5.74) is 0.468. The van der Waals surface area contributed by atoms with Gasteiger partial charge in [-0.1, -0.05) is 6.07 Å². The topological polar surface area (TPSA) is 46.5 Å². The number of carboxylic acids is 1. The van der Waals surface area contributed by atoms with Crippen LogP contribution in [0.2, 0.25) is 0 Å². The average molecular weight is 202 g/mol. The van der Waals surface area contributed by atoms with Crippen LogP contribution in [-0.4, -0.2) is 17.4 Å². The van der Waals surface area contributed by atoms with E-state index >= 15 is 0 Å². The Morgan fingerprint density at radius 3 is 2.79 bits per heavy atom. The van der Waals surface area contributed by atoms with Gasteiger partial charge >= 0.3 is 12.3 Å². The van der Waals surface area contributed by atoms with Crippen LogP contribution in [0.15, 0.2) is 18.2 Å². The number of hydrogen-bond donors (Lipinski definition) is 1. The summed E-state index contributed by atoms with van der Waals surface area (Å²) in [6.45, 7) is 1.56. The van der Waals surface area contributed by atoms with Crippen molar-refractivity contribution < 1.29 is 23.4 Å². The van der Waals surface area contributed by atoms with Crippen molar-refractivity contribution in [1.82, 2.24) is 0 Å². The van der Waals surface area contributed by atoms with E-state index in [-0.39, 0.29) is 5.75 Å². The normalized spacial score (nSPS) is 12.2. The number of carboxylic acid groups (broad SMARTS) is 1. The molecular weight excluding hydrogens is 194 g/mol. The number of ether oxygens (including phenoxy) is 1. The molecule has 76 valence electrons. The van der Waals surface area contributed by atoms with Gasteiger partial charge in [0.25, 0.3) is 0 Å². The van der Waals surface area contributed by atoms with Crippen molar-refractivity contribution in [3.8, 4) is 5.75 Å². The van der Waals surface area contributed by atoms with Gasteiger partial charge in [0.05, 0.1) is 0 Å². The summed E-state index contributed by atoms with van der Waals surface area (Å²) < 4.78 is 29.6. The van der Waals surface area contributed by atoms with Crippen LogP contribution >= 0.6 is 0 Å². The molecule has 3 nitrogen and oxygen atoms in total. The first-order valence-corrected chi connectivity index (χ1v) is 3.80. The summed E-state index contributed by atoms with van der Waals surface area (Å²) >= 11 is 0. The summed E-state index contributed by atoms with van der Waals surface area (Å²) in [5.74, 6) is -2.46. The number of carbonyl (C=O) groups is 1. The summed E-state index contributed by atoms with van der Waals surface area (Å²) in [6.07, 6.45) is -2.48. The Morgan fingerprint density at radius 1 is 1.57 bits per heavy atom. The minimum absolute atomic E-state index is 0.111. The van der Waals surface area contributed by atoms with Crippen molar-refractivity contribution in [2.75, 3.05) is 0 Å². The Hall–Kier alpha value is -1.65. The summed E-state index contributed by atoms with van der Waals surface area (Å²) in [4.78, 5) is 10.1. The Labute approximate surface area is 78.9 Å². The molecule has 0 aliphatic carbocycles. The van der Waals surface area contributed by atoms with Crippen molar-refractivity contribution in [3.63, 3.8) is 0 Å². The van der Waals surface area contributed by atoms with Crippen LogP contribution in [0.3, 0.4) is 0 Å². The second-order valence-electron chi connectivity index (χ2n) is 2.68. The minimum Gasteiger partial charge on any atom is -0.476 e. The van der Waals surface area contributed by atoms with E-state index in [2.05, 4.69) is 4.74 Å². The highest BCUT2D eigenvalue weighted by molar-refractivity contribution is 5.71. The molecule has 0 spiro atoms. The number of halogens is 2. The second kappa shape index (κ2) is 4.04. The molecule has 0 radical (unpaired) electrons. The highest BCUT2D eigenvalue weighted by Gasteiger charge is 2.18. The van der Waals surface area contributed by atoms with E-state index in [0.717, 1.165) is 6.07 Å². The number of alkyl halides is 1. The third kappa shape index (κ3) is 2.42. The number of rotatable bonds is 3. The zero-order chi connectivity index (χ0) is 10.7. The van der Waals surface area contributed by atoms with E-state index < -0.39 is 18.1 Å². The lowest BCUT2D eigenvalue weighted by Crippen LogP contribution is -2.21. The zero-order valence-corrected chi connectivity index (χ0v) is 7.33. The lowest BCUT2D eigenvalue weighted by molar-refractivity contribution is -0.153. The predicted octanol–water partition coefficient (Wildman–Crippen LogP) is 1.89. The van der Waals surface area contributed by atoms with Crippen molar-refractivity contribution in [1.29, 1.82) is 0 Å². The molecular formula is C9H8F2O3. The fourth-order valence-electron chi connectivity index (χ4n) is 0.863. The summed E-state index contributed by atoms with van der Waals surface area (Å²) in [6, 6.07) is 3.49. The van der Waals surface area contributed by atoms with Crippen LogP contribution < -0.4 is 4.74 Å². The SMILES string of the molecule is Cc1ccc(F)cc1OC(F)C(=O)O. The molecule has 1 atom stereocenters. The first-order valence-electron chi connectivity index (χ1n) is 3.80. The molecule has 1 aromatic carbocycles. The van der Waals surface area contributed by atoms with Gasteiger partial charge in [0, 0.05) is 6.07 Å². The summed E-state index contributed by atoms with van der Waals surface area (Å²) in [5, 5.41) is 8.21. The van der Waals surface area contributed by atoms with Crippen LogP contribution in [0, 0.1) is 12.7 Å². The molecule has 5 heteroatoms. The van der Waals surface area contributed by atoms with Gasteiger partial charge in [0.2, 0.25) is 0 Å². The van der Waals surface area contributed by atoms with Gasteiger partial charge in [-0.15, -0.1) is 0 Å². The number of hydrogen-bond acceptors (Lipinski definition) is 2. The largest absolute Gasteiger partial charge is 0.476 e. The van der Waals surface area contributed by atoms with E-state index in [1.165, 1.54) is 12.1 Å². The monoisotopic (exact) mass is 202 g/mol. The third-order valence-electron chi connectivity index (χ3n) is 1.57. The Balaban J connectivity index is 2.85. The molecule has 0 bridgehead atoms. The second-order valence-corrected chi connectivity index (χ2v) is 2.68. The number of benzene rings is 1. The van der Waals surface area contributed by atoms with E-state index in [1.807, 2.05) is 0 Å². The number of aliphatic carboxylic acids is 1. The quantitative estimate of drug-likeness (QED) is 0.814. The molecule has 1 N–H and O–H groups in total. The maximum absolute atomic E-state index is 12.6. The van der Waals surface area contributed by atoms with E-state index in [1.54, 1.807) is 6.92 Å². The summed E-state index contributed by atoms with van der Waals surface area (Å²) in [7, 11) is 0. The van der Waals surface area contributed by atoms with E-state index in [9.17, 15) is 13.6 Å². The van der Waals surface area contributed by atoms with E-state index in [4.69, 9.17) is 5.11 Å². The van der Waals surface area contributed by atoms with Crippen molar-refractivity contribution in [3.05, 3.63) is 29.6 Å². The molecule has 0 aromatic heterocycles. The average Bonchev–Trinajstić information content (AvgIpc) is 2.11. The van der Waals surface area contributed by atoms with Crippen LogP contribution in [0.5, 0.6) is 5.75 Å². The molecule has 1 unspecified atom stereocenters. The Bertz CT molecular complexity index is 352. The first-order chi connectivity index (χ1) is 6.50. The third-order valence-corrected chi connectivity index (χ3v) is 1.57. The Morgan fingerprint density at radius 2 is 2.21 bits per heavy atom. The van der Waals surface area contributed by atoms with Gasteiger partial charge in [0.1, 0.15) is 11.6 Å². The van der Waals surface area contributed by atoms with E-state index in [0.29, 0.717) is 5.56 Å². The highest BCUT2D eigenvalue weighted by Crippen LogP contribution is 2.20. The molecule has 14 heavy (non-hydrogen) atoms. The Kier molecular flexibility index (Phi) is 3.01. The standard InChI is InChI=1S/C9H8F2O3/c1-5-2-3-6(10)4-7(5)14-8(11)9(12)13/h2-4,8H,1H3,(H,12,13). The maximum atomic E-state index is 12.6. The molecule has 0 saturated heterocycles. The van der Waals surface area contributed by atoms with Gasteiger partial charge in [-0.3, -0.25) is 0 Å². The lowest BCUT2D eigenvalue weighted by atomic mass is 10.2.